The average molecular weight is 276 g/mol. The largest absolute Gasteiger partial charge is 0.316 e. The molecule has 0 aromatic heterocycles. The molecule has 0 spiro atoms. The third-order valence-corrected chi connectivity index (χ3v) is 5.71. The van der Waals surface area contributed by atoms with Crippen LogP contribution in [-0.4, -0.2) is 43.9 Å². The van der Waals surface area contributed by atoms with Crippen LogP contribution < -0.4 is 5.32 Å². The van der Waals surface area contributed by atoms with E-state index in [0.717, 1.165) is 12.5 Å². The topological polar surface area (TPSA) is 15.3 Å². The maximum atomic E-state index is 3.72. The molecule has 1 unspecified atom stereocenters. The zero-order valence-corrected chi connectivity index (χ0v) is 12.6. The molecule has 1 atom stereocenters. The highest BCUT2D eigenvalue weighted by molar-refractivity contribution is 7.99. The van der Waals surface area contributed by atoms with Gasteiger partial charge in [-0.25, -0.2) is 0 Å². The van der Waals surface area contributed by atoms with Crippen molar-refractivity contribution in [2.45, 2.75) is 23.7 Å². The lowest BCUT2D eigenvalue weighted by molar-refractivity contribution is 0.216. The maximum Gasteiger partial charge on any atom is 0.0108 e. The quantitative estimate of drug-likeness (QED) is 0.910. The highest BCUT2D eigenvalue weighted by Crippen LogP contribution is 2.38. The summed E-state index contributed by atoms with van der Waals surface area (Å²) in [5, 5.41) is 3.72. The van der Waals surface area contributed by atoms with E-state index in [9.17, 15) is 0 Å². The van der Waals surface area contributed by atoms with Gasteiger partial charge < -0.3 is 10.2 Å². The van der Waals surface area contributed by atoms with E-state index in [-0.39, 0.29) is 0 Å². The molecule has 2 aliphatic rings. The number of thioether (sulfide) groups is 1. The van der Waals surface area contributed by atoms with Crippen molar-refractivity contribution >= 4 is 11.8 Å². The van der Waals surface area contributed by atoms with Crippen LogP contribution in [0, 0.1) is 5.92 Å². The molecule has 2 aliphatic heterocycles. The van der Waals surface area contributed by atoms with Crippen molar-refractivity contribution in [1.29, 1.82) is 0 Å². The van der Waals surface area contributed by atoms with Gasteiger partial charge in [-0.05, 0) is 57.1 Å². The summed E-state index contributed by atoms with van der Waals surface area (Å²) in [6.45, 7) is 4.90. The fraction of sp³-hybridized carbons (Fsp3) is 0.625. The fourth-order valence-corrected chi connectivity index (χ4v) is 4.38. The average Bonchev–Trinajstić information content (AvgIpc) is 2.85. The summed E-state index contributed by atoms with van der Waals surface area (Å²) in [5.74, 6) is 2.85. The van der Waals surface area contributed by atoms with Gasteiger partial charge in [0.25, 0.3) is 0 Å². The molecule has 2 heterocycles. The van der Waals surface area contributed by atoms with Gasteiger partial charge in [0.2, 0.25) is 0 Å². The molecule has 1 N–H and O–H groups in total. The lowest BCUT2D eigenvalue weighted by Crippen LogP contribution is -2.36. The molecule has 3 rings (SSSR count). The molecule has 19 heavy (non-hydrogen) atoms. The van der Waals surface area contributed by atoms with E-state index in [4.69, 9.17) is 0 Å². The predicted octanol–water partition coefficient (Wildman–Crippen LogP) is 2.81. The monoisotopic (exact) mass is 276 g/mol. The van der Waals surface area contributed by atoms with Crippen LogP contribution in [0.4, 0.5) is 0 Å². The van der Waals surface area contributed by atoms with E-state index in [2.05, 4.69) is 41.5 Å². The summed E-state index contributed by atoms with van der Waals surface area (Å²) in [5.41, 5.74) is 1.56. The van der Waals surface area contributed by atoms with Crippen molar-refractivity contribution in [3.63, 3.8) is 0 Å². The van der Waals surface area contributed by atoms with Crippen molar-refractivity contribution < 1.29 is 0 Å². The number of piperidine rings is 1. The second-order valence-electron chi connectivity index (χ2n) is 5.95. The van der Waals surface area contributed by atoms with Crippen LogP contribution in [-0.2, 0) is 0 Å². The van der Waals surface area contributed by atoms with E-state index < -0.39 is 0 Å². The Morgan fingerprint density at radius 3 is 2.84 bits per heavy atom. The molecule has 0 saturated carbocycles. The number of nitrogens with zero attached hydrogens (tertiary/aromatic N) is 1. The first-order chi connectivity index (χ1) is 9.33. The van der Waals surface area contributed by atoms with Gasteiger partial charge in [-0.1, -0.05) is 18.2 Å². The molecule has 0 bridgehead atoms. The van der Waals surface area contributed by atoms with Gasteiger partial charge in [0.15, 0.2) is 0 Å². The van der Waals surface area contributed by atoms with E-state index in [1.54, 1.807) is 5.56 Å². The molecule has 1 aromatic carbocycles. The highest BCUT2D eigenvalue weighted by Gasteiger charge is 2.23. The van der Waals surface area contributed by atoms with Crippen LogP contribution in [0.15, 0.2) is 29.2 Å². The minimum Gasteiger partial charge on any atom is -0.316 e. The Bertz CT molecular complexity index is 413. The molecule has 2 nitrogen and oxygen atoms in total. The third kappa shape index (κ3) is 3.33. The first-order valence-electron chi connectivity index (χ1n) is 7.44. The normalized spacial score (nSPS) is 24.6. The first kappa shape index (κ1) is 13.5. The smallest absolute Gasteiger partial charge is 0.0108 e. The summed E-state index contributed by atoms with van der Waals surface area (Å²) in [7, 11) is 2.23. The number of rotatable bonds is 4. The van der Waals surface area contributed by atoms with Gasteiger partial charge in [0.1, 0.15) is 0 Å². The molecule has 1 saturated heterocycles. The van der Waals surface area contributed by atoms with Crippen LogP contribution in [0.2, 0.25) is 0 Å². The molecule has 1 aromatic rings. The minimum absolute atomic E-state index is 0.715. The number of fused-ring (bicyclic) bond motifs is 1. The summed E-state index contributed by atoms with van der Waals surface area (Å²) in [6.07, 6.45) is 2.72. The summed E-state index contributed by atoms with van der Waals surface area (Å²) >= 11 is 2.02. The molecular formula is C16H24N2S. The Morgan fingerprint density at radius 1 is 1.21 bits per heavy atom. The Balaban J connectivity index is 1.44. The number of hydrogen-bond donors (Lipinski definition) is 1. The zero-order valence-electron chi connectivity index (χ0n) is 11.8. The second kappa shape index (κ2) is 6.29. The number of benzene rings is 1. The highest BCUT2D eigenvalue weighted by atomic mass is 32.2. The number of nitrogens with one attached hydrogen (secondary N) is 1. The van der Waals surface area contributed by atoms with Crippen LogP contribution >= 0.6 is 11.8 Å². The van der Waals surface area contributed by atoms with Gasteiger partial charge in [0, 0.05) is 23.1 Å². The van der Waals surface area contributed by atoms with Gasteiger partial charge in [-0.2, -0.15) is 0 Å². The van der Waals surface area contributed by atoms with Crippen molar-refractivity contribution in [3.05, 3.63) is 29.8 Å². The second-order valence-corrected chi connectivity index (χ2v) is 7.01. The summed E-state index contributed by atoms with van der Waals surface area (Å²) in [4.78, 5) is 3.94. The summed E-state index contributed by atoms with van der Waals surface area (Å²) in [6, 6.07) is 8.89. The fourth-order valence-electron chi connectivity index (χ4n) is 3.13. The Hall–Kier alpha value is -0.510. The van der Waals surface area contributed by atoms with E-state index >= 15 is 0 Å². The number of hydrogen-bond acceptors (Lipinski definition) is 3. The molecule has 1 fully saturated rings. The lowest BCUT2D eigenvalue weighted by atomic mass is 9.96. The van der Waals surface area contributed by atoms with Crippen molar-refractivity contribution in [3.8, 4) is 0 Å². The maximum absolute atomic E-state index is 3.72. The Morgan fingerprint density at radius 2 is 2.00 bits per heavy atom. The van der Waals surface area contributed by atoms with Gasteiger partial charge >= 0.3 is 0 Å². The van der Waals surface area contributed by atoms with Crippen molar-refractivity contribution in [2.24, 2.45) is 5.92 Å². The Kier molecular flexibility index (Phi) is 4.46. The first-order valence-corrected chi connectivity index (χ1v) is 8.42. The molecular weight excluding hydrogens is 252 g/mol. The van der Waals surface area contributed by atoms with E-state index in [0.29, 0.717) is 5.92 Å². The minimum atomic E-state index is 0.715. The van der Waals surface area contributed by atoms with Gasteiger partial charge in [-0.3, -0.25) is 0 Å². The van der Waals surface area contributed by atoms with Gasteiger partial charge in [0.05, 0.1) is 0 Å². The predicted molar refractivity (Wildman–Crippen MR) is 83.0 cm³/mol. The van der Waals surface area contributed by atoms with Crippen LogP contribution in [0.3, 0.4) is 0 Å². The van der Waals surface area contributed by atoms with Crippen molar-refractivity contribution in [2.75, 3.05) is 39.0 Å². The van der Waals surface area contributed by atoms with E-state index in [1.165, 1.54) is 43.1 Å². The molecule has 3 heteroatoms. The van der Waals surface area contributed by atoms with Crippen LogP contribution in [0.1, 0.15) is 24.3 Å². The molecule has 0 aliphatic carbocycles. The van der Waals surface area contributed by atoms with Gasteiger partial charge in [-0.15, -0.1) is 11.8 Å². The zero-order chi connectivity index (χ0) is 13.1. The molecule has 0 amide bonds. The standard InChI is InChI=1S/C16H24N2S/c1-18-8-6-13(7-9-18)10-17-11-14-12-19-16-5-3-2-4-15(14)16/h2-5,13-14,17H,6-12H2,1H3. The van der Waals surface area contributed by atoms with Crippen LogP contribution in [0.5, 0.6) is 0 Å². The van der Waals surface area contributed by atoms with Crippen LogP contribution in [0.25, 0.3) is 0 Å². The van der Waals surface area contributed by atoms with E-state index in [1.807, 2.05) is 11.8 Å². The number of likely N-dealkylation sites (tertiary alicyclic amines) is 1. The summed E-state index contributed by atoms with van der Waals surface area (Å²) < 4.78 is 0. The third-order valence-electron chi connectivity index (χ3n) is 4.46. The molecule has 0 radical (unpaired) electrons. The SMILES string of the molecule is CN1CCC(CNCC2CSc3ccccc32)CC1. The van der Waals surface area contributed by atoms with Crippen molar-refractivity contribution in [1.82, 2.24) is 10.2 Å². The lowest BCUT2D eigenvalue weighted by Gasteiger charge is -2.29. The Labute approximate surface area is 121 Å². The molecule has 104 valence electrons.